The first-order valence-electron chi connectivity index (χ1n) is 10.0. The minimum Gasteiger partial charge on any atom is -0.383 e. The molecule has 2 aromatic carbocycles. The summed E-state index contributed by atoms with van der Waals surface area (Å²) in [5.41, 5.74) is 9.33. The van der Waals surface area contributed by atoms with Gasteiger partial charge >= 0.3 is 0 Å². The number of hydrogen-bond acceptors (Lipinski definition) is 4. The molecule has 142 valence electrons. The quantitative estimate of drug-likeness (QED) is 0.574. The number of piperidine rings is 1. The lowest BCUT2D eigenvalue weighted by molar-refractivity contribution is -0.665. The molecule has 1 saturated heterocycles. The summed E-state index contributed by atoms with van der Waals surface area (Å²) < 4.78 is 2.06. The van der Waals surface area contributed by atoms with Gasteiger partial charge in [0.05, 0.1) is 24.2 Å². The van der Waals surface area contributed by atoms with E-state index in [2.05, 4.69) is 62.4 Å². The van der Waals surface area contributed by atoms with Gasteiger partial charge in [0, 0.05) is 25.8 Å². The van der Waals surface area contributed by atoms with E-state index < -0.39 is 0 Å². The summed E-state index contributed by atoms with van der Waals surface area (Å²) in [7, 11) is 0. The Kier molecular flexibility index (Phi) is 4.41. The van der Waals surface area contributed by atoms with E-state index in [1.54, 1.807) is 6.33 Å². The molecule has 6 heteroatoms. The molecule has 1 fully saturated rings. The lowest BCUT2D eigenvalue weighted by Gasteiger charge is -2.20. The molecule has 0 aliphatic carbocycles. The summed E-state index contributed by atoms with van der Waals surface area (Å²) in [6.07, 6.45) is 4.72. The molecule has 2 aromatic heterocycles. The van der Waals surface area contributed by atoms with Crippen LogP contribution in [0.3, 0.4) is 0 Å². The molecule has 1 aliphatic rings. The fourth-order valence-electron chi connectivity index (χ4n) is 4.41. The van der Waals surface area contributed by atoms with Gasteiger partial charge in [-0.1, -0.05) is 42.5 Å². The van der Waals surface area contributed by atoms with Crippen LogP contribution in [0.2, 0.25) is 0 Å². The number of anilines is 1. The van der Waals surface area contributed by atoms with Gasteiger partial charge in [-0.15, -0.1) is 0 Å². The molecule has 0 bridgehead atoms. The average molecular weight is 373 g/mol. The zero-order valence-electron chi connectivity index (χ0n) is 15.9. The Labute approximate surface area is 163 Å². The van der Waals surface area contributed by atoms with Crippen molar-refractivity contribution in [3.8, 4) is 0 Å². The highest BCUT2D eigenvalue weighted by Gasteiger charge is 2.21. The van der Waals surface area contributed by atoms with Gasteiger partial charge in [0.15, 0.2) is 5.65 Å². The Bertz CT molecular complexity index is 1120. The molecule has 0 saturated carbocycles. The van der Waals surface area contributed by atoms with Crippen molar-refractivity contribution in [3.63, 3.8) is 0 Å². The van der Waals surface area contributed by atoms with Gasteiger partial charge in [-0.3, -0.25) is 0 Å². The fourth-order valence-corrected chi connectivity index (χ4v) is 4.41. The van der Waals surface area contributed by atoms with Crippen molar-refractivity contribution in [2.24, 2.45) is 5.92 Å². The molecule has 0 spiro atoms. The molecule has 4 aromatic rings. The van der Waals surface area contributed by atoms with Crippen molar-refractivity contribution in [3.05, 3.63) is 60.0 Å². The van der Waals surface area contributed by atoms with Crippen LogP contribution in [-0.2, 0) is 13.0 Å². The third-order valence-corrected chi connectivity index (χ3v) is 5.86. The normalized spacial score (nSPS) is 15.4. The highest BCUT2D eigenvalue weighted by atomic mass is 15.3. The molecular weight excluding hydrogens is 348 g/mol. The molecule has 0 atom stereocenters. The summed E-state index contributed by atoms with van der Waals surface area (Å²) in [4.78, 5) is 8.77. The summed E-state index contributed by atoms with van der Waals surface area (Å²) in [6.45, 7) is 3.30. The SMILES string of the molecule is Nc1ncnc2c1c(Cc1cccc3ccccc13)nn2CC1CC[NH2+]CC1. The van der Waals surface area contributed by atoms with Crippen molar-refractivity contribution in [1.29, 1.82) is 0 Å². The number of hydrogen-bond donors (Lipinski definition) is 2. The summed E-state index contributed by atoms with van der Waals surface area (Å²) in [5.74, 6) is 1.16. The predicted octanol–water partition coefficient (Wildman–Crippen LogP) is 2.13. The van der Waals surface area contributed by atoms with Crippen LogP contribution < -0.4 is 11.1 Å². The van der Waals surface area contributed by atoms with Gasteiger partial charge in [0.2, 0.25) is 0 Å². The van der Waals surface area contributed by atoms with Crippen LogP contribution in [0.25, 0.3) is 21.8 Å². The topological polar surface area (TPSA) is 86.2 Å². The minimum absolute atomic E-state index is 0.517. The van der Waals surface area contributed by atoms with E-state index in [-0.39, 0.29) is 0 Å². The lowest BCUT2D eigenvalue weighted by Crippen LogP contribution is -2.86. The lowest BCUT2D eigenvalue weighted by atomic mass is 9.98. The molecule has 0 amide bonds. The standard InChI is InChI=1S/C22H24N6/c23-21-20-19(12-17-6-3-5-16-4-1-2-7-18(16)17)27-28(22(20)26-14-25-21)13-15-8-10-24-11-9-15/h1-7,14-15,24H,8-13H2,(H2,23,25,26)/p+1. The van der Waals surface area contributed by atoms with Crippen LogP contribution in [0.1, 0.15) is 24.1 Å². The number of nitrogen functional groups attached to an aromatic ring is 1. The molecule has 28 heavy (non-hydrogen) atoms. The number of fused-ring (bicyclic) bond motifs is 2. The van der Waals surface area contributed by atoms with Gasteiger partial charge in [-0.05, 0) is 22.3 Å². The number of quaternary nitrogens is 1. The summed E-state index contributed by atoms with van der Waals surface area (Å²) in [5, 5.41) is 10.8. The fraction of sp³-hybridized carbons (Fsp3) is 0.318. The Morgan fingerprint density at radius 3 is 2.75 bits per heavy atom. The van der Waals surface area contributed by atoms with E-state index in [4.69, 9.17) is 10.8 Å². The first kappa shape index (κ1) is 17.1. The Morgan fingerprint density at radius 1 is 1.04 bits per heavy atom. The van der Waals surface area contributed by atoms with Crippen molar-refractivity contribution in [2.75, 3.05) is 18.8 Å². The monoisotopic (exact) mass is 373 g/mol. The van der Waals surface area contributed by atoms with Crippen molar-refractivity contribution in [2.45, 2.75) is 25.8 Å². The Hall–Kier alpha value is -2.99. The number of benzene rings is 2. The molecular formula is C22H25N6+. The molecule has 6 nitrogen and oxygen atoms in total. The highest BCUT2D eigenvalue weighted by Crippen LogP contribution is 2.27. The average Bonchev–Trinajstić information content (AvgIpc) is 3.07. The molecule has 3 heterocycles. The second-order valence-electron chi connectivity index (χ2n) is 7.71. The maximum atomic E-state index is 6.26. The van der Waals surface area contributed by atoms with Crippen molar-refractivity contribution >= 4 is 27.6 Å². The van der Waals surface area contributed by atoms with Gasteiger partial charge < -0.3 is 11.1 Å². The largest absolute Gasteiger partial charge is 0.383 e. The van der Waals surface area contributed by atoms with E-state index in [9.17, 15) is 0 Å². The minimum atomic E-state index is 0.517. The van der Waals surface area contributed by atoms with E-state index >= 15 is 0 Å². The van der Waals surface area contributed by atoms with E-state index in [0.717, 1.165) is 29.7 Å². The van der Waals surface area contributed by atoms with Crippen LogP contribution in [0.4, 0.5) is 5.82 Å². The number of nitrogens with zero attached hydrogens (tertiary/aromatic N) is 4. The second kappa shape index (κ2) is 7.20. The Morgan fingerprint density at radius 2 is 1.86 bits per heavy atom. The van der Waals surface area contributed by atoms with Crippen LogP contribution in [-0.4, -0.2) is 32.8 Å². The first-order chi connectivity index (χ1) is 13.8. The molecule has 4 N–H and O–H groups in total. The van der Waals surface area contributed by atoms with Gasteiger partial charge in [-0.2, -0.15) is 5.10 Å². The Balaban J connectivity index is 1.57. The van der Waals surface area contributed by atoms with Crippen molar-refractivity contribution < 1.29 is 5.32 Å². The van der Waals surface area contributed by atoms with Gasteiger partial charge in [-0.25, -0.2) is 14.6 Å². The summed E-state index contributed by atoms with van der Waals surface area (Å²) in [6, 6.07) is 14.9. The smallest absolute Gasteiger partial charge is 0.163 e. The van der Waals surface area contributed by atoms with Gasteiger partial charge in [0.25, 0.3) is 0 Å². The molecule has 0 unspecified atom stereocenters. The van der Waals surface area contributed by atoms with Crippen LogP contribution in [0.15, 0.2) is 48.8 Å². The first-order valence-corrected chi connectivity index (χ1v) is 10.0. The zero-order chi connectivity index (χ0) is 18.9. The maximum Gasteiger partial charge on any atom is 0.163 e. The van der Waals surface area contributed by atoms with Gasteiger partial charge in [0.1, 0.15) is 12.1 Å². The van der Waals surface area contributed by atoms with Crippen LogP contribution in [0, 0.1) is 5.92 Å². The highest BCUT2D eigenvalue weighted by molar-refractivity contribution is 5.90. The van der Waals surface area contributed by atoms with Crippen molar-refractivity contribution in [1.82, 2.24) is 19.7 Å². The molecule has 5 rings (SSSR count). The molecule has 0 radical (unpaired) electrons. The summed E-state index contributed by atoms with van der Waals surface area (Å²) >= 11 is 0. The number of nitrogens with two attached hydrogens (primary N) is 2. The number of aromatic nitrogens is 4. The third-order valence-electron chi connectivity index (χ3n) is 5.86. The second-order valence-corrected chi connectivity index (χ2v) is 7.71. The maximum absolute atomic E-state index is 6.26. The van der Waals surface area contributed by atoms with E-state index in [1.165, 1.54) is 42.3 Å². The predicted molar refractivity (Wildman–Crippen MR) is 111 cm³/mol. The van der Waals surface area contributed by atoms with E-state index in [0.29, 0.717) is 11.7 Å². The van der Waals surface area contributed by atoms with Crippen LogP contribution in [0.5, 0.6) is 0 Å². The third kappa shape index (κ3) is 3.10. The zero-order valence-corrected chi connectivity index (χ0v) is 15.9. The van der Waals surface area contributed by atoms with Crippen LogP contribution >= 0.6 is 0 Å². The molecule has 1 aliphatic heterocycles. The van der Waals surface area contributed by atoms with E-state index in [1.807, 2.05) is 0 Å². The number of rotatable bonds is 4.